The molecule has 198 valence electrons. The van der Waals surface area contributed by atoms with Crippen molar-refractivity contribution in [3.63, 3.8) is 0 Å². The van der Waals surface area contributed by atoms with E-state index in [0.29, 0.717) is 25.3 Å². The van der Waals surface area contributed by atoms with Crippen LogP contribution in [0.2, 0.25) is 0 Å². The minimum absolute atomic E-state index is 0.0672. The van der Waals surface area contributed by atoms with Gasteiger partial charge in [-0.15, -0.1) is 17.3 Å². The Labute approximate surface area is 233 Å². The van der Waals surface area contributed by atoms with E-state index in [-0.39, 0.29) is 11.8 Å². The number of carbonyl (C=O) groups is 1. The molecular formula is C32H32N4O2S. The number of hydrazone groups is 1. The molecule has 0 spiro atoms. The smallest absolute Gasteiger partial charge is 0.226 e. The molecule has 0 radical (unpaired) electrons. The number of rotatable bonds is 8. The van der Waals surface area contributed by atoms with Gasteiger partial charge in [-0.25, -0.2) is 0 Å². The van der Waals surface area contributed by atoms with Crippen LogP contribution in [0.1, 0.15) is 49.3 Å². The summed E-state index contributed by atoms with van der Waals surface area (Å²) in [5.41, 5.74) is 12.7. The van der Waals surface area contributed by atoms with Crippen molar-refractivity contribution in [3.8, 4) is 28.7 Å². The van der Waals surface area contributed by atoms with Crippen molar-refractivity contribution in [2.45, 2.75) is 45.6 Å². The van der Waals surface area contributed by atoms with Crippen molar-refractivity contribution >= 4 is 38.9 Å². The molecule has 1 unspecified atom stereocenters. The van der Waals surface area contributed by atoms with Crippen molar-refractivity contribution in [1.82, 2.24) is 0 Å². The van der Waals surface area contributed by atoms with Crippen LogP contribution in [-0.4, -0.2) is 18.3 Å². The molecule has 39 heavy (non-hydrogen) atoms. The summed E-state index contributed by atoms with van der Waals surface area (Å²) in [6.45, 7) is 4.94. The Hall–Kier alpha value is -4.28. The number of fused-ring (bicyclic) bond motifs is 2. The highest BCUT2D eigenvalue weighted by atomic mass is 32.1. The minimum atomic E-state index is -0.0672. The van der Waals surface area contributed by atoms with Crippen molar-refractivity contribution in [3.05, 3.63) is 82.7 Å². The molecule has 1 aliphatic heterocycles. The first kappa shape index (κ1) is 26.3. The second kappa shape index (κ2) is 11.6. The number of hydrogen-bond donors (Lipinski definition) is 2. The lowest BCUT2D eigenvalue weighted by Gasteiger charge is -2.17. The van der Waals surface area contributed by atoms with Gasteiger partial charge in [0, 0.05) is 40.7 Å². The second-order valence-electron chi connectivity index (χ2n) is 9.56. The lowest BCUT2D eigenvalue weighted by atomic mass is 9.95. The summed E-state index contributed by atoms with van der Waals surface area (Å²) >= 11 is 1.75. The van der Waals surface area contributed by atoms with Crippen LogP contribution in [0.15, 0.2) is 71.1 Å². The lowest BCUT2D eigenvalue weighted by molar-refractivity contribution is -0.118. The molecule has 1 atom stereocenters. The lowest BCUT2D eigenvalue weighted by Crippen LogP contribution is -2.27. The molecule has 6 nitrogen and oxygen atoms in total. The fourth-order valence-electron chi connectivity index (χ4n) is 5.16. The van der Waals surface area contributed by atoms with E-state index in [9.17, 15) is 4.79 Å². The highest BCUT2D eigenvalue weighted by Crippen LogP contribution is 2.41. The fourth-order valence-corrected chi connectivity index (χ4v) is 6.10. The summed E-state index contributed by atoms with van der Waals surface area (Å²) in [6, 6.07) is 20.7. The van der Waals surface area contributed by atoms with E-state index in [2.05, 4.69) is 58.7 Å². The number of nitrogens with two attached hydrogens (primary N) is 2. The monoisotopic (exact) mass is 536 g/mol. The van der Waals surface area contributed by atoms with Crippen LogP contribution in [0, 0.1) is 11.8 Å². The van der Waals surface area contributed by atoms with Crippen LogP contribution >= 0.6 is 11.3 Å². The molecule has 5 rings (SSSR count). The number of carbonyl (C=O) groups excluding carboxylic acids is 1. The van der Waals surface area contributed by atoms with E-state index in [1.54, 1.807) is 11.3 Å². The van der Waals surface area contributed by atoms with Gasteiger partial charge in [0.1, 0.15) is 18.2 Å². The number of ether oxygens (including phenoxy) is 1. The van der Waals surface area contributed by atoms with E-state index in [1.165, 1.54) is 26.8 Å². The number of amides is 1. The normalized spacial score (nSPS) is 13.6. The fraction of sp³-hybridized carbons (Fsp3) is 0.250. The zero-order chi connectivity index (χ0) is 27.4. The number of anilines is 1. The molecule has 4 N–H and O–H groups in total. The van der Waals surface area contributed by atoms with E-state index >= 15 is 0 Å². The van der Waals surface area contributed by atoms with Gasteiger partial charge in [-0.2, -0.15) is 5.10 Å². The first-order valence-corrected chi connectivity index (χ1v) is 14.0. The largest absolute Gasteiger partial charge is 0.489 e. The Balaban J connectivity index is 1.35. The van der Waals surface area contributed by atoms with Crippen LogP contribution in [0.5, 0.6) is 5.75 Å². The summed E-state index contributed by atoms with van der Waals surface area (Å²) in [5.74, 6) is 12.7. The van der Waals surface area contributed by atoms with Gasteiger partial charge in [-0.05, 0) is 71.3 Å². The number of nitrogens with zero attached hydrogens (tertiary/aromatic N) is 2. The van der Waals surface area contributed by atoms with Gasteiger partial charge >= 0.3 is 0 Å². The molecule has 2 heterocycles. The zero-order valence-electron chi connectivity index (χ0n) is 22.2. The third-order valence-electron chi connectivity index (χ3n) is 7.14. The second-order valence-corrected chi connectivity index (χ2v) is 10.5. The zero-order valence-corrected chi connectivity index (χ0v) is 23.1. The average Bonchev–Trinajstić information content (AvgIpc) is 3.60. The van der Waals surface area contributed by atoms with Crippen LogP contribution < -0.4 is 21.2 Å². The van der Waals surface area contributed by atoms with Crippen molar-refractivity contribution in [1.29, 1.82) is 0 Å². The Kier molecular flexibility index (Phi) is 7.85. The number of thiophene rings is 1. The Bertz CT molecular complexity index is 1590. The standard InChI is InChI=1S/C32H32N4O2S/c1-3-6-23(18-31(33)35-34)22-10-12-24(13-11-22)38-19-21-9-14-30-27(17-21)28(20-39-30)25-7-5-8-29-26(25)15-16-36(29)32(37)4-2/h5,7-14,17,20,23H,4,15-16,18-19,34H2,1-2H3,(H2,33,35). The van der Waals surface area contributed by atoms with E-state index in [1.807, 2.05) is 43.0 Å². The summed E-state index contributed by atoms with van der Waals surface area (Å²) in [7, 11) is 0. The van der Waals surface area contributed by atoms with Crippen LogP contribution in [-0.2, 0) is 17.8 Å². The van der Waals surface area contributed by atoms with Gasteiger partial charge < -0.3 is 21.2 Å². The van der Waals surface area contributed by atoms with Crippen LogP contribution in [0.3, 0.4) is 0 Å². The predicted molar refractivity (Wildman–Crippen MR) is 161 cm³/mol. The Morgan fingerprint density at radius 1 is 1.15 bits per heavy atom. The number of amidine groups is 1. The first-order chi connectivity index (χ1) is 19.0. The Morgan fingerprint density at radius 3 is 2.72 bits per heavy atom. The topological polar surface area (TPSA) is 93.9 Å². The molecule has 1 aliphatic rings. The van der Waals surface area contributed by atoms with Gasteiger partial charge in [-0.3, -0.25) is 4.79 Å². The van der Waals surface area contributed by atoms with Crippen LogP contribution in [0.4, 0.5) is 5.69 Å². The van der Waals surface area contributed by atoms with Gasteiger partial charge in [-0.1, -0.05) is 43.2 Å². The minimum Gasteiger partial charge on any atom is -0.489 e. The first-order valence-electron chi connectivity index (χ1n) is 13.1. The molecular weight excluding hydrogens is 504 g/mol. The molecule has 0 fully saturated rings. The number of hydrogen-bond acceptors (Lipinski definition) is 5. The van der Waals surface area contributed by atoms with E-state index in [0.717, 1.165) is 35.5 Å². The van der Waals surface area contributed by atoms with Gasteiger partial charge in [0.2, 0.25) is 5.91 Å². The van der Waals surface area contributed by atoms with Crippen molar-refractivity contribution in [2.24, 2.45) is 16.7 Å². The average molecular weight is 537 g/mol. The summed E-state index contributed by atoms with van der Waals surface area (Å²) in [5, 5.41) is 7.02. The molecule has 7 heteroatoms. The molecule has 3 aromatic carbocycles. The summed E-state index contributed by atoms with van der Waals surface area (Å²) < 4.78 is 7.38. The molecule has 1 amide bonds. The molecule has 0 bridgehead atoms. The quantitative estimate of drug-likeness (QED) is 0.0925. The Morgan fingerprint density at radius 2 is 1.97 bits per heavy atom. The highest BCUT2D eigenvalue weighted by Gasteiger charge is 2.26. The molecule has 4 aromatic rings. The third kappa shape index (κ3) is 5.47. The molecule has 0 saturated heterocycles. The predicted octanol–water partition coefficient (Wildman–Crippen LogP) is 6.17. The van der Waals surface area contributed by atoms with Gasteiger partial charge in [0.25, 0.3) is 0 Å². The van der Waals surface area contributed by atoms with Crippen molar-refractivity contribution in [2.75, 3.05) is 11.4 Å². The van der Waals surface area contributed by atoms with Crippen LogP contribution in [0.25, 0.3) is 21.2 Å². The third-order valence-corrected chi connectivity index (χ3v) is 8.11. The summed E-state index contributed by atoms with van der Waals surface area (Å²) in [6.07, 6.45) is 1.88. The van der Waals surface area contributed by atoms with Gasteiger partial charge in [0.15, 0.2) is 0 Å². The molecule has 1 aromatic heterocycles. The SMILES string of the molecule is CC#CC(C/C(N)=N/N)c1ccc(OCc2ccc3scc(-c4cccc5c4CCN5C(=O)CC)c3c2)cc1. The van der Waals surface area contributed by atoms with Gasteiger partial charge in [0.05, 0.1) is 5.92 Å². The maximum Gasteiger partial charge on any atom is 0.226 e. The molecule has 0 saturated carbocycles. The summed E-state index contributed by atoms with van der Waals surface area (Å²) in [4.78, 5) is 14.4. The van der Waals surface area contributed by atoms with Crippen molar-refractivity contribution < 1.29 is 9.53 Å². The molecule has 0 aliphatic carbocycles. The maximum absolute atomic E-state index is 12.5. The van der Waals surface area contributed by atoms with E-state index < -0.39 is 0 Å². The number of benzene rings is 3. The maximum atomic E-state index is 12.5. The van der Waals surface area contributed by atoms with E-state index in [4.69, 9.17) is 16.3 Å². The highest BCUT2D eigenvalue weighted by molar-refractivity contribution is 7.17.